The van der Waals surface area contributed by atoms with Gasteiger partial charge in [0, 0.05) is 13.1 Å². The minimum Gasteiger partial charge on any atom is -0.314 e. The number of unbranched alkanes of at least 4 members (excludes halogenated alkanes) is 1. The molecule has 16 heavy (non-hydrogen) atoms. The Kier molecular flexibility index (Phi) is 3.93. The third kappa shape index (κ3) is 2.82. The van der Waals surface area contributed by atoms with Crippen molar-refractivity contribution in [3.05, 3.63) is 11.4 Å². The largest absolute Gasteiger partial charge is 0.314 e. The van der Waals surface area contributed by atoms with Gasteiger partial charge < -0.3 is 5.32 Å². The van der Waals surface area contributed by atoms with Gasteiger partial charge in [-0.1, -0.05) is 18.6 Å². The van der Waals surface area contributed by atoms with Gasteiger partial charge in [-0.25, -0.2) is 4.68 Å². The fourth-order valence-electron chi connectivity index (χ4n) is 1.98. The SMILES string of the molecule is CCCCn1nnc(CNC)c1CC1CC1. The molecule has 4 nitrogen and oxygen atoms in total. The van der Waals surface area contributed by atoms with E-state index in [-0.39, 0.29) is 0 Å². The van der Waals surface area contributed by atoms with Crippen LogP contribution in [0.2, 0.25) is 0 Å². The van der Waals surface area contributed by atoms with Crippen LogP contribution < -0.4 is 5.32 Å². The Labute approximate surface area is 97.4 Å². The average Bonchev–Trinajstić information content (AvgIpc) is 3.02. The van der Waals surface area contributed by atoms with E-state index in [0.29, 0.717) is 0 Å². The first-order valence-corrected chi connectivity index (χ1v) is 6.41. The summed E-state index contributed by atoms with van der Waals surface area (Å²) in [4.78, 5) is 0. The Morgan fingerprint density at radius 2 is 2.25 bits per heavy atom. The predicted molar refractivity (Wildman–Crippen MR) is 64.1 cm³/mol. The molecule has 0 bridgehead atoms. The normalized spacial score (nSPS) is 15.6. The molecule has 0 aliphatic heterocycles. The van der Waals surface area contributed by atoms with Gasteiger partial charge in [0.05, 0.1) is 11.4 Å². The highest BCUT2D eigenvalue weighted by molar-refractivity contribution is 5.12. The van der Waals surface area contributed by atoms with Gasteiger partial charge in [-0.05, 0) is 38.6 Å². The number of aryl methyl sites for hydroxylation is 1. The van der Waals surface area contributed by atoms with Gasteiger partial charge in [-0.3, -0.25) is 0 Å². The fraction of sp³-hybridized carbons (Fsp3) is 0.833. The molecule has 4 heteroatoms. The molecule has 1 N–H and O–H groups in total. The lowest BCUT2D eigenvalue weighted by molar-refractivity contribution is 0.526. The summed E-state index contributed by atoms with van der Waals surface area (Å²) < 4.78 is 2.12. The highest BCUT2D eigenvalue weighted by Gasteiger charge is 2.25. The van der Waals surface area contributed by atoms with E-state index < -0.39 is 0 Å². The number of hydrogen-bond donors (Lipinski definition) is 1. The van der Waals surface area contributed by atoms with Crippen molar-refractivity contribution in [2.24, 2.45) is 5.92 Å². The Bertz CT molecular complexity index is 328. The summed E-state index contributed by atoms with van der Waals surface area (Å²) in [6, 6.07) is 0. The van der Waals surface area contributed by atoms with Gasteiger partial charge in [-0.2, -0.15) is 0 Å². The van der Waals surface area contributed by atoms with E-state index in [1.807, 2.05) is 7.05 Å². The van der Waals surface area contributed by atoms with E-state index in [9.17, 15) is 0 Å². The van der Waals surface area contributed by atoms with Crippen molar-refractivity contribution >= 4 is 0 Å². The first-order valence-electron chi connectivity index (χ1n) is 6.41. The molecule has 1 aromatic heterocycles. The number of nitrogens with zero attached hydrogens (tertiary/aromatic N) is 3. The quantitative estimate of drug-likeness (QED) is 0.764. The Hall–Kier alpha value is -0.900. The van der Waals surface area contributed by atoms with Crippen molar-refractivity contribution in [2.75, 3.05) is 7.05 Å². The van der Waals surface area contributed by atoms with Crippen LogP contribution in [0.4, 0.5) is 0 Å². The molecule has 90 valence electrons. The highest BCUT2D eigenvalue weighted by Crippen LogP contribution is 2.33. The van der Waals surface area contributed by atoms with Crippen LogP contribution >= 0.6 is 0 Å². The van der Waals surface area contributed by atoms with E-state index in [2.05, 4.69) is 27.2 Å². The molecular weight excluding hydrogens is 200 g/mol. The molecule has 1 fully saturated rings. The van der Waals surface area contributed by atoms with E-state index in [1.54, 1.807) is 0 Å². The van der Waals surface area contributed by atoms with E-state index >= 15 is 0 Å². The van der Waals surface area contributed by atoms with Gasteiger partial charge >= 0.3 is 0 Å². The van der Waals surface area contributed by atoms with Gasteiger partial charge in [0.25, 0.3) is 0 Å². The van der Waals surface area contributed by atoms with Gasteiger partial charge in [-0.15, -0.1) is 5.10 Å². The Morgan fingerprint density at radius 3 is 2.88 bits per heavy atom. The third-order valence-corrected chi connectivity index (χ3v) is 3.16. The summed E-state index contributed by atoms with van der Waals surface area (Å²) >= 11 is 0. The zero-order valence-corrected chi connectivity index (χ0v) is 10.4. The molecule has 0 atom stereocenters. The van der Waals surface area contributed by atoms with Gasteiger partial charge in [0.1, 0.15) is 0 Å². The molecule has 1 aliphatic rings. The first kappa shape index (κ1) is 11.6. The molecule has 0 saturated heterocycles. The second-order valence-corrected chi connectivity index (χ2v) is 4.74. The van der Waals surface area contributed by atoms with Crippen LogP contribution in [-0.2, 0) is 19.5 Å². The first-order chi connectivity index (χ1) is 7.85. The number of aromatic nitrogens is 3. The van der Waals surface area contributed by atoms with Crippen LogP contribution in [0.15, 0.2) is 0 Å². The summed E-state index contributed by atoms with van der Waals surface area (Å²) in [5.41, 5.74) is 2.51. The molecule has 0 radical (unpaired) electrons. The zero-order valence-electron chi connectivity index (χ0n) is 10.4. The molecule has 2 rings (SSSR count). The number of hydrogen-bond acceptors (Lipinski definition) is 3. The maximum absolute atomic E-state index is 4.29. The monoisotopic (exact) mass is 222 g/mol. The highest BCUT2D eigenvalue weighted by atomic mass is 15.4. The number of nitrogens with one attached hydrogen (secondary N) is 1. The van der Waals surface area contributed by atoms with Crippen LogP contribution in [0.25, 0.3) is 0 Å². The van der Waals surface area contributed by atoms with Crippen LogP contribution in [0.5, 0.6) is 0 Å². The summed E-state index contributed by atoms with van der Waals surface area (Å²) in [6.45, 7) is 4.08. The van der Waals surface area contributed by atoms with Gasteiger partial charge in [0.2, 0.25) is 0 Å². The minimum absolute atomic E-state index is 0.841. The van der Waals surface area contributed by atoms with E-state index in [1.165, 1.54) is 37.8 Å². The smallest absolute Gasteiger partial charge is 0.0996 e. The lowest BCUT2D eigenvalue weighted by atomic mass is 10.1. The Balaban J connectivity index is 2.08. The topological polar surface area (TPSA) is 42.7 Å². The van der Waals surface area contributed by atoms with Crippen molar-refractivity contribution in [3.8, 4) is 0 Å². The molecule has 1 heterocycles. The van der Waals surface area contributed by atoms with Crippen molar-refractivity contribution in [2.45, 2.75) is 52.1 Å². The fourth-order valence-corrected chi connectivity index (χ4v) is 1.98. The zero-order chi connectivity index (χ0) is 11.4. The second kappa shape index (κ2) is 5.43. The molecule has 1 aliphatic carbocycles. The van der Waals surface area contributed by atoms with Crippen LogP contribution in [0.3, 0.4) is 0 Å². The van der Waals surface area contributed by atoms with Crippen LogP contribution in [-0.4, -0.2) is 22.0 Å². The molecule has 0 spiro atoms. The summed E-state index contributed by atoms with van der Waals surface area (Å²) in [5.74, 6) is 0.898. The van der Waals surface area contributed by atoms with Crippen LogP contribution in [0.1, 0.15) is 44.0 Å². The maximum Gasteiger partial charge on any atom is 0.0996 e. The molecule has 1 saturated carbocycles. The Morgan fingerprint density at radius 1 is 1.44 bits per heavy atom. The molecular formula is C12H22N4. The molecule has 0 aromatic carbocycles. The molecule has 1 aromatic rings. The predicted octanol–water partition coefficient (Wildman–Crippen LogP) is 1.75. The summed E-state index contributed by atoms with van der Waals surface area (Å²) in [7, 11) is 1.96. The molecule has 0 unspecified atom stereocenters. The van der Waals surface area contributed by atoms with E-state index in [0.717, 1.165) is 24.7 Å². The standard InChI is InChI=1S/C12H22N4/c1-3-4-7-16-12(8-10-5-6-10)11(9-13-2)14-15-16/h10,13H,3-9H2,1-2H3. The number of rotatable bonds is 7. The van der Waals surface area contributed by atoms with Crippen molar-refractivity contribution in [3.63, 3.8) is 0 Å². The molecule has 0 amide bonds. The van der Waals surface area contributed by atoms with E-state index in [4.69, 9.17) is 0 Å². The second-order valence-electron chi connectivity index (χ2n) is 4.74. The lowest BCUT2D eigenvalue weighted by Gasteiger charge is -2.06. The minimum atomic E-state index is 0.841. The van der Waals surface area contributed by atoms with Crippen molar-refractivity contribution in [1.82, 2.24) is 20.3 Å². The summed E-state index contributed by atoms with van der Waals surface area (Å²) in [5, 5.41) is 11.7. The van der Waals surface area contributed by atoms with Gasteiger partial charge in [0.15, 0.2) is 0 Å². The van der Waals surface area contributed by atoms with Crippen molar-refractivity contribution in [1.29, 1.82) is 0 Å². The van der Waals surface area contributed by atoms with Crippen LogP contribution in [0, 0.1) is 5.92 Å². The average molecular weight is 222 g/mol. The summed E-state index contributed by atoms with van der Waals surface area (Å²) in [6.07, 6.45) is 6.35. The third-order valence-electron chi connectivity index (χ3n) is 3.16. The lowest BCUT2D eigenvalue weighted by Crippen LogP contribution is -2.11. The van der Waals surface area contributed by atoms with Crippen molar-refractivity contribution < 1.29 is 0 Å². The maximum atomic E-state index is 4.29.